The molecular weight excluding hydrogens is 178 g/mol. The van der Waals surface area contributed by atoms with Crippen molar-refractivity contribution in [1.82, 2.24) is 16.0 Å². The number of nitrogens with one attached hydrogen (secondary N) is 2. The van der Waals surface area contributed by atoms with E-state index in [1.807, 2.05) is 0 Å². The predicted octanol–water partition coefficient (Wildman–Crippen LogP) is -0.775. The summed E-state index contributed by atoms with van der Waals surface area (Å²) in [6.45, 7) is 4.06. The highest BCUT2D eigenvalue weighted by molar-refractivity contribution is 5.53. The third-order valence-electron chi connectivity index (χ3n) is 2.33. The van der Waals surface area contributed by atoms with Gasteiger partial charge < -0.3 is 16.5 Å². The summed E-state index contributed by atoms with van der Waals surface area (Å²) < 4.78 is 0. The maximum Gasteiger partial charge on any atom is 0.108 e. The lowest BCUT2D eigenvalue weighted by atomic mass is 10.2. The Morgan fingerprint density at radius 2 is 2.29 bits per heavy atom. The molecule has 1 fully saturated rings. The summed E-state index contributed by atoms with van der Waals surface area (Å²) in [7, 11) is 0. The van der Waals surface area contributed by atoms with E-state index in [0.717, 1.165) is 32.6 Å². The van der Waals surface area contributed by atoms with E-state index in [2.05, 4.69) is 21.1 Å². The summed E-state index contributed by atoms with van der Waals surface area (Å²) in [6, 6.07) is 0.633. The second-order valence-corrected chi connectivity index (χ2v) is 3.51. The average Bonchev–Trinajstić information content (AvgIpc) is 2.69. The Hall–Kier alpha value is -0.810. The van der Waals surface area contributed by atoms with Crippen molar-refractivity contribution in [1.29, 1.82) is 0 Å². The Morgan fingerprint density at radius 1 is 1.43 bits per heavy atom. The zero-order valence-corrected chi connectivity index (χ0v) is 8.58. The van der Waals surface area contributed by atoms with Gasteiger partial charge in [-0.3, -0.25) is 0 Å². The van der Waals surface area contributed by atoms with Crippen LogP contribution in [0.25, 0.3) is 0 Å². The van der Waals surface area contributed by atoms with Crippen LogP contribution in [0.3, 0.4) is 0 Å². The van der Waals surface area contributed by atoms with Gasteiger partial charge in [0.1, 0.15) is 6.34 Å². The van der Waals surface area contributed by atoms with E-state index in [0.29, 0.717) is 6.04 Å². The van der Waals surface area contributed by atoms with Gasteiger partial charge in [0.15, 0.2) is 0 Å². The highest BCUT2D eigenvalue weighted by atomic mass is 15.2. The third-order valence-corrected chi connectivity index (χ3v) is 2.33. The Bertz CT molecular complexity index is 153. The van der Waals surface area contributed by atoms with Gasteiger partial charge in [0.05, 0.1) is 0 Å². The minimum Gasteiger partial charge on any atom is -0.375 e. The molecule has 4 N–H and O–H groups in total. The number of unbranched alkanes of at least 4 members (excludes halogenated alkanes) is 1. The van der Waals surface area contributed by atoms with Crippen molar-refractivity contribution >= 4 is 6.34 Å². The second-order valence-electron chi connectivity index (χ2n) is 3.51. The van der Waals surface area contributed by atoms with Crippen LogP contribution in [0.2, 0.25) is 0 Å². The molecule has 1 aliphatic heterocycles. The first-order valence-electron chi connectivity index (χ1n) is 5.25. The SMILES string of the molecule is NN=CNCCCCNC1CC[N]C1. The minimum absolute atomic E-state index is 0.633. The van der Waals surface area contributed by atoms with Gasteiger partial charge in [-0.2, -0.15) is 5.10 Å². The van der Waals surface area contributed by atoms with Gasteiger partial charge in [-0.05, 0) is 25.8 Å². The Kier molecular flexibility index (Phi) is 6.10. The first kappa shape index (κ1) is 11.3. The van der Waals surface area contributed by atoms with Gasteiger partial charge >= 0.3 is 0 Å². The summed E-state index contributed by atoms with van der Waals surface area (Å²) in [4.78, 5) is 0. The Labute approximate surface area is 85.5 Å². The van der Waals surface area contributed by atoms with Crippen LogP contribution in [0, 0.1) is 0 Å². The Morgan fingerprint density at radius 3 is 3.00 bits per heavy atom. The molecule has 0 bridgehead atoms. The molecule has 0 aliphatic carbocycles. The van der Waals surface area contributed by atoms with E-state index in [-0.39, 0.29) is 0 Å². The van der Waals surface area contributed by atoms with Crippen LogP contribution in [0.4, 0.5) is 0 Å². The molecule has 1 rings (SSSR count). The molecule has 5 nitrogen and oxygen atoms in total. The van der Waals surface area contributed by atoms with Crippen LogP contribution in [-0.2, 0) is 0 Å². The topological polar surface area (TPSA) is 76.5 Å². The van der Waals surface area contributed by atoms with Crippen LogP contribution in [-0.4, -0.2) is 38.6 Å². The van der Waals surface area contributed by atoms with E-state index < -0.39 is 0 Å². The van der Waals surface area contributed by atoms with Crippen LogP contribution in [0.5, 0.6) is 0 Å². The molecule has 1 aliphatic rings. The maximum atomic E-state index is 4.94. The first-order valence-corrected chi connectivity index (χ1v) is 5.25. The van der Waals surface area contributed by atoms with E-state index >= 15 is 0 Å². The predicted molar refractivity (Wildman–Crippen MR) is 58.2 cm³/mol. The normalized spacial score (nSPS) is 21.9. The summed E-state index contributed by atoms with van der Waals surface area (Å²) in [5, 5.41) is 14.1. The van der Waals surface area contributed by atoms with Crippen molar-refractivity contribution in [2.45, 2.75) is 25.3 Å². The molecule has 0 amide bonds. The van der Waals surface area contributed by atoms with Crippen LogP contribution in [0.15, 0.2) is 5.10 Å². The molecule has 1 radical (unpaired) electrons. The monoisotopic (exact) mass is 198 g/mol. The van der Waals surface area contributed by atoms with Crippen LogP contribution < -0.4 is 21.8 Å². The van der Waals surface area contributed by atoms with Crippen LogP contribution in [0.1, 0.15) is 19.3 Å². The summed E-state index contributed by atoms with van der Waals surface area (Å²) in [6.07, 6.45) is 5.06. The van der Waals surface area contributed by atoms with Crippen molar-refractivity contribution < 1.29 is 0 Å². The number of hydrogen-bond donors (Lipinski definition) is 3. The highest BCUT2D eigenvalue weighted by Gasteiger charge is 2.13. The molecule has 1 unspecified atom stereocenters. The molecule has 0 spiro atoms. The van der Waals surface area contributed by atoms with Crippen molar-refractivity contribution in [2.24, 2.45) is 10.9 Å². The zero-order valence-electron chi connectivity index (χ0n) is 8.58. The number of hydrazone groups is 1. The molecule has 1 saturated heterocycles. The lowest BCUT2D eigenvalue weighted by Crippen LogP contribution is -2.31. The fourth-order valence-corrected chi connectivity index (χ4v) is 1.53. The highest BCUT2D eigenvalue weighted by Crippen LogP contribution is 1.98. The molecule has 0 saturated carbocycles. The number of hydrogen-bond acceptors (Lipinski definition) is 3. The molecule has 0 aromatic heterocycles. The van der Waals surface area contributed by atoms with Gasteiger partial charge in [-0.25, -0.2) is 5.32 Å². The summed E-state index contributed by atoms with van der Waals surface area (Å²) in [5.41, 5.74) is 0. The third kappa shape index (κ3) is 5.04. The van der Waals surface area contributed by atoms with Gasteiger partial charge in [0, 0.05) is 25.7 Å². The van der Waals surface area contributed by atoms with Crippen molar-refractivity contribution in [2.75, 3.05) is 26.2 Å². The fraction of sp³-hybridized carbons (Fsp3) is 0.889. The minimum atomic E-state index is 0.633. The van der Waals surface area contributed by atoms with E-state index in [4.69, 9.17) is 5.84 Å². The first-order chi connectivity index (χ1) is 6.93. The van der Waals surface area contributed by atoms with Gasteiger partial charge in [-0.15, -0.1) is 0 Å². The maximum absolute atomic E-state index is 4.94. The lowest BCUT2D eigenvalue weighted by Gasteiger charge is -2.10. The molecule has 1 heterocycles. The standard InChI is InChI=1S/C9H20N5/c10-14-8-12-4-1-2-5-13-9-3-6-11-7-9/h8-9,13H,1-7,10H2,(H,12,14). The molecular formula is C9H20N5. The molecule has 0 aromatic rings. The van der Waals surface area contributed by atoms with Crippen molar-refractivity contribution in [3.8, 4) is 0 Å². The quantitative estimate of drug-likeness (QED) is 0.165. The van der Waals surface area contributed by atoms with Gasteiger partial charge in [-0.1, -0.05) is 0 Å². The molecule has 0 aromatic carbocycles. The van der Waals surface area contributed by atoms with Crippen LogP contribution >= 0.6 is 0 Å². The zero-order chi connectivity index (χ0) is 10.1. The second kappa shape index (κ2) is 7.58. The van der Waals surface area contributed by atoms with E-state index in [1.54, 1.807) is 0 Å². The number of nitrogens with two attached hydrogens (primary N) is 1. The molecule has 81 valence electrons. The average molecular weight is 198 g/mol. The number of nitrogens with zero attached hydrogens (tertiary/aromatic N) is 2. The van der Waals surface area contributed by atoms with Gasteiger partial charge in [0.2, 0.25) is 0 Å². The van der Waals surface area contributed by atoms with Crippen molar-refractivity contribution in [3.63, 3.8) is 0 Å². The molecule has 14 heavy (non-hydrogen) atoms. The molecule has 1 atom stereocenters. The molecule has 5 heteroatoms. The smallest absolute Gasteiger partial charge is 0.108 e. The van der Waals surface area contributed by atoms with Crippen molar-refractivity contribution in [3.05, 3.63) is 0 Å². The largest absolute Gasteiger partial charge is 0.375 e. The lowest BCUT2D eigenvalue weighted by molar-refractivity contribution is 0.525. The summed E-state index contributed by atoms with van der Waals surface area (Å²) in [5.74, 6) is 4.94. The number of rotatable bonds is 7. The van der Waals surface area contributed by atoms with Gasteiger partial charge in [0.25, 0.3) is 0 Å². The van der Waals surface area contributed by atoms with E-state index in [1.165, 1.54) is 19.2 Å². The Balaban J connectivity index is 1.79. The van der Waals surface area contributed by atoms with E-state index in [9.17, 15) is 0 Å². The summed E-state index contributed by atoms with van der Waals surface area (Å²) >= 11 is 0. The fourth-order valence-electron chi connectivity index (χ4n) is 1.53.